The van der Waals surface area contributed by atoms with Crippen molar-refractivity contribution >= 4 is 0 Å². The van der Waals surface area contributed by atoms with Gasteiger partial charge in [0, 0.05) is 14.2 Å². The Morgan fingerprint density at radius 1 is 0.311 bits per heavy atom. The van der Waals surface area contributed by atoms with Crippen LogP contribution in [0.25, 0.3) is 0 Å². The predicted molar refractivity (Wildman–Crippen MR) is 223 cm³/mol. The van der Waals surface area contributed by atoms with Gasteiger partial charge in [0.2, 0.25) is 0 Å². The van der Waals surface area contributed by atoms with Gasteiger partial charge in [0.25, 0.3) is 0 Å². The second-order valence-corrected chi connectivity index (χ2v) is 18.8. The minimum absolute atomic E-state index is 0.460. The topological polar surface area (TPSA) is 503 Å². The first-order chi connectivity index (χ1) is 35.1. The Labute approximate surface area is 419 Å². The summed E-state index contributed by atoms with van der Waals surface area (Å²) in [5.41, 5.74) is 0. The molecule has 0 spiro atoms. The van der Waals surface area contributed by atoms with E-state index in [1.165, 1.54) is 7.11 Å². The highest BCUT2D eigenvalue weighted by molar-refractivity contribution is 4.99. The van der Waals surface area contributed by atoms with Crippen LogP contribution in [0.15, 0.2) is 0 Å². The van der Waals surface area contributed by atoms with E-state index < -0.39 is 243 Å². The summed E-state index contributed by atoms with van der Waals surface area (Å²) in [5.74, 6) is 0. The van der Waals surface area contributed by atoms with Crippen LogP contribution in [0.1, 0.15) is 0 Å². The zero-order valence-corrected chi connectivity index (χ0v) is 39.6. The lowest BCUT2D eigenvalue weighted by molar-refractivity contribution is -0.394. The van der Waals surface area contributed by atoms with Crippen LogP contribution in [0.4, 0.5) is 0 Å². The lowest BCUT2D eigenvalue weighted by Gasteiger charge is -2.49. The van der Waals surface area contributed by atoms with Crippen LogP contribution < -0.4 is 0 Å². The molecule has 7 rings (SSSR count). The van der Waals surface area contributed by atoms with E-state index in [-0.39, 0.29) is 0 Å². The Morgan fingerprint density at radius 2 is 0.581 bits per heavy atom. The highest BCUT2D eigenvalue weighted by atomic mass is 16.8. The second-order valence-electron chi connectivity index (χ2n) is 18.8. The van der Waals surface area contributed by atoms with E-state index >= 15 is 0 Å². The van der Waals surface area contributed by atoms with Crippen molar-refractivity contribution in [3.8, 4) is 0 Å². The molecule has 0 saturated carbocycles. The van der Waals surface area contributed by atoms with E-state index in [4.69, 9.17) is 71.1 Å². The third kappa shape index (κ3) is 13.0. The van der Waals surface area contributed by atoms with Crippen molar-refractivity contribution in [2.45, 2.75) is 197 Å². The van der Waals surface area contributed by atoms with Crippen LogP contribution in [0, 0.1) is 0 Å². The van der Waals surface area contributed by atoms with E-state index in [0.29, 0.717) is 0 Å². The number of hydrogen-bond donors (Lipinski definition) is 18. The van der Waals surface area contributed by atoms with Gasteiger partial charge in [-0.05, 0) is 0 Å². The zero-order chi connectivity index (χ0) is 54.0. The van der Waals surface area contributed by atoms with Crippen LogP contribution >= 0.6 is 0 Å². The third-order valence-corrected chi connectivity index (χ3v) is 13.8. The minimum atomic E-state index is -2.24. The largest absolute Gasteiger partial charge is 0.394 e. The SMILES string of the molecule is CO[C@@H]1OC(CO[C@H]2OC[C@@H](O)[C@H](O)C2O)[C@@H](O[C@@H]2O[C@@H](CO[C@H]3OC[C@@H](O)C(O)C3O)[C@@H](O[C@@H]3OC(CO[C@H]4OC[C@@H](O)[C@H](O)C4O)[C@@H](O[C@@H]4O[C@@H](CO)[C@@H](OC)C(O)C4O)[C@H](O)C3O)C(O)C2O)[C@H](O)C1O. The van der Waals surface area contributed by atoms with Gasteiger partial charge in [-0.15, -0.1) is 0 Å². The molecule has 7 heterocycles. The van der Waals surface area contributed by atoms with E-state index in [9.17, 15) is 91.9 Å². The highest BCUT2D eigenvalue weighted by Gasteiger charge is 2.57. The van der Waals surface area contributed by atoms with Crippen LogP contribution in [0.5, 0.6) is 0 Å². The molecule has 32 atom stereocenters. The summed E-state index contributed by atoms with van der Waals surface area (Å²) in [6, 6.07) is 0. The van der Waals surface area contributed by atoms with Crippen LogP contribution in [-0.2, 0) is 71.1 Å². The summed E-state index contributed by atoms with van der Waals surface area (Å²) in [6.45, 7) is -4.61. The Kier molecular flexibility index (Phi) is 21.4. The molecule has 74 heavy (non-hydrogen) atoms. The Bertz CT molecular complexity index is 1700. The molecule has 0 bridgehead atoms. The van der Waals surface area contributed by atoms with Crippen molar-refractivity contribution in [2.75, 3.05) is 60.5 Å². The van der Waals surface area contributed by atoms with E-state index in [1.807, 2.05) is 0 Å². The third-order valence-electron chi connectivity index (χ3n) is 13.8. The molecular weight excluding hydrogens is 1020 g/mol. The van der Waals surface area contributed by atoms with E-state index in [2.05, 4.69) is 0 Å². The lowest BCUT2D eigenvalue weighted by Crippen LogP contribution is -2.68. The summed E-state index contributed by atoms with van der Waals surface area (Å²) in [4.78, 5) is 0. The molecular formula is C41H70O33. The molecule has 0 radical (unpaired) electrons. The van der Waals surface area contributed by atoms with Gasteiger partial charge >= 0.3 is 0 Å². The molecule has 18 N–H and O–H groups in total. The Morgan fingerprint density at radius 3 is 0.878 bits per heavy atom. The average molecular weight is 1090 g/mol. The number of hydrogen-bond acceptors (Lipinski definition) is 33. The van der Waals surface area contributed by atoms with Gasteiger partial charge in [0.1, 0.15) is 153 Å². The van der Waals surface area contributed by atoms with Crippen molar-refractivity contribution in [2.24, 2.45) is 0 Å². The van der Waals surface area contributed by atoms with Crippen LogP contribution in [0.3, 0.4) is 0 Å². The average Bonchev–Trinajstić information content (AvgIpc) is 3.38. The van der Waals surface area contributed by atoms with Crippen molar-refractivity contribution in [3.63, 3.8) is 0 Å². The van der Waals surface area contributed by atoms with Gasteiger partial charge in [-0.25, -0.2) is 0 Å². The summed E-state index contributed by atoms with van der Waals surface area (Å²) in [5, 5.41) is 193. The molecule has 7 saturated heterocycles. The molecule has 0 aliphatic carbocycles. The van der Waals surface area contributed by atoms with Gasteiger partial charge in [-0.1, -0.05) is 0 Å². The first kappa shape index (κ1) is 60.3. The van der Waals surface area contributed by atoms with Gasteiger partial charge in [-0.2, -0.15) is 0 Å². The number of ether oxygens (including phenoxy) is 15. The Balaban J connectivity index is 1.13. The zero-order valence-electron chi connectivity index (χ0n) is 39.6. The fourth-order valence-corrected chi connectivity index (χ4v) is 9.31. The normalized spacial score (nSPS) is 52.7. The minimum Gasteiger partial charge on any atom is -0.394 e. The first-order valence-corrected chi connectivity index (χ1v) is 23.6. The molecule has 12 unspecified atom stereocenters. The van der Waals surface area contributed by atoms with Gasteiger partial charge < -0.3 is 163 Å². The monoisotopic (exact) mass is 1090 g/mol. The number of rotatable bonds is 18. The van der Waals surface area contributed by atoms with Crippen molar-refractivity contribution in [1.82, 2.24) is 0 Å². The molecule has 0 aromatic heterocycles. The fourth-order valence-electron chi connectivity index (χ4n) is 9.31. The molecule has 0 amide bonds. The van der Waals surface area contributed by atoms with Crippen LogP contribution in [0.2, 0.25) is 0 Å². The van der Waals surface area contributed by atoms with Crippen LogP contribution in [-0.4, -0.2) is 349 Å². The fraction of sp³-hybridized carbons (Fsp3) is 1.00. The molecule has 7 aliphatic rings. The Hall–Kier alpha value is -1.32. The number of aliphatic hydroxyl groups is 18. The maximum atomic E-state index is 11.8. The van der Waals surface area contributed by atoms with Gasteiger partial charge in [0.15, 0.2) is 44.0 Å². The van der Waals surface area contributed by atoms with Gasteiger partial charge in [-0.3, -0.25) is 0 Å². The smallest absolute Gasteiger partial charge is 0.187 e. The molecule has 0 aromatic rings. The number of methoxy groups -OCH3 is 2. The maximum Gasteiger partial charge on any atom is 0.187 e. The quantitative estimate of drug-likeness (QED) is 0.0606. The van der Waals surface area contributed by atoms with E-state index in [1.54, 1.807) is 0 Å². The standard InChI is InChI=1S/C41H70O33/c1-60-31-13(3-42)68-39(28(57)20(31)49)72-33-15(8-66-37-25(54)18(47)11(44)5-63-37)70-41(29(58)22(33)51)74-34-16(9-67-38-26(55)19(48)12(45)6-64-38)71-40(30(59)23(34)52)73-32-14(69-35(61-2)27(56)21(32)50)7-65-36-24(53)17(46)10(43)4-62-36/h10-59H,3-9H2,1-2H3/t10-,11-,12-,13+,14?,15?,16+,17+,18+,19?,20?,21-,22-,23?,24?,25?,26?,27?,28?,29?,30?,31-,32-,33-,34-,35-,36-,37-,38-,39+,40+,41+/m1/s1. The van der Waals surface area contributed by atoms with Crippen molar-refractivity contribution in [3.05, 3.63) is 0 Å². The molecule has 7 fully saturated rings. The van der Waals surface area contributed by atoms with Crippen molar-refractivity contribution in [1.29, 1.82) is 0 Å². The molecule has 7 aliphatic heterocycles. The summed E-state index contributed by atoms with van der Waals surface area (Å²) in [7, 11) is 2.29. The van der Waals surface area contributed by atoms with Gasteiger partial charge in [0.05, 0.1) is 46.2 Å². The van der Waals surface area contributed by atoms with Crippen molar-refractivity contribution < 1.29 is 163 Å². The predicted octanol–water partition coefficient (Wildman–Crippen LogP) is -13.1. The molecule has 432 valence electrons. The summed E-state index contributed by atoms with van der Waals surface area (Å²) >= 11 is 0. The molecule has 33 heteroatoms. The van der Waals surface area contributed by atoms with E-state index in [0.717, 1.165) is 7.11 Å². The lowest BCUT2D eigenvalue weighted by atomic mass is 9.95. The summed E-state index contributed by atoms with van der Waals surface area (Å²) < 4.78 is 84.4. The number of aliphatic hydroxyl groups excluding tert-OH is 18. The summed E-state index contributed by atoms with van der Waals surface area (Å²) in [6.07, 6.45) is -57.5. The maximum absolute atomic E-state index is 11.8. The first-order valence-electron chi connectivity index (χ1n) is 23.6. The highest BCUT2D eigenvalue weighted by Crippen LogP contribution is 2.36. The second kappa shape index (κ2) is 26.3. The molecule has 33 nitrogen and oxygen atoms in total. The molecule has 0 aromatic carbocycles.